The largest absolute Gasteiger partial charge is 0.394 e. The van der Waals surface area contributed by atoms with Crippen molar-refractivity contribution in [2.24, 2.45) is 0 Å². The Balaban J connectivity index is 2.48. The molecule has 20 heavy (non-hydrogen) atoms. The molecule has 108 valence electrons. The summed E-state index contributed by atoms with van der Waals surface area (Å²) < 4.78 is 39.6. The maximum Gasteiger partial charge on any atom is 0.273 e. The Morgan fingerprint density at radius 1 is 1.30 bits per heavy atom. The molecule has 0 bridgehead atoms. The number of hydrogen-bond acceptors (Lipinski definition) is 4. The van der Waals surface area contributed by atoms with Gasteiger partial charge >= 0.3 is 0 Å². The lowest BCUT2D eigenvalue weighted by molar-refractivity contribution is 0.306. The first-order chi connectivity index (χ1) is 9.45. The third kappa shape index (κ3) is 3.12. The molecule has 0 saturated carbocycles. The predicted molar refractivity (Wildman–Crippen MR) is 77.3 cm³/mol. The van der Waals surface area contributed by atoms with Crippen LogP contribution in [0.2, 0.25) is 4.34 Å². The van der Waals surface area contributed by atoms with Gasteiger partial charge in [-0.3, -0.25) is 4.31 Å². The number of aliphatic hydroxyl groups is 1. The normalized spacial score (nSPS) is 11.6. The van der Waals surface area contributed by atoms with Crippen LogP contribution in [0, 0.1) is 5.82 Å². The van der Waals surface area contributed by atoms with E-state index in [1.54, 1.807) is 0 Å². The van der Waals surface area contributed by atoms with Crippen molar-refractivity contribution in [2.45, 2.75) is 4.21 Å². The summed E-state index contributed by atoms with van der Waals surface area (Å²) in [6.07, 6.45) is 0. The first kappa shape index (κ1) is 15.2. The number of anilines is 1. The number of thiophene rings is 1. The Morgan fingerprint density at radius 2 is 2.05 bits per heavy atom. The summed E-state index contributed by atoms with van der Waals surface area (Å²) in [7, 11) is -3.87. The van der Waals surface area contributed by atoms with Crippen molar-refractivity contribution >= 4 is 38.6 Å². The molecular weight excluding hydrogens is 325 g/mol. The van der Waals surface area contributed by atoms with Gasteiger partial charge in [-0.2, -0.15) is 0 Å². The summed E-state index contributed by atoms with van der Waals surface area (Å²) in [5.41, 5.74) is 0.156. The van der Waals surface area contributed by atoms with Crippen LogP contribution in [0.3, 0.4) is 0 Å². The molecule has 0 radical (unpaired) electrons. The van der Waals surface area contributed by atoms with Crippen LogP contribution >= 0.6 is 22.9 Å². The van der Waals surface area contributed by atoms with Gasteiger partial charge in [-0.15, -0.1) is 11.3 Å². The Morgan fingerprint density at radius 3 is 2.60 bits per heavy atom. The van der Waals surface area contributed by atoms with E-state index < -0.39 is 15.8 Å². The summed E-state index contributed by atoms with van der Waals surface area (Å²) in [4.78, 5) is 0. The SMILES string of the molecule is O=S(=O)(c1ccc(Cl)s1)N(CCO)c1cccc(F)c1. The molecular formula is C12H11ClFNO3S2. The molecule has 1 aromatic carbocycles. The van der Waals surface area contributed by atoms with Crippen LogP contribution in [-0.2, 0) is 10.0 Å². The van der Waals surface area contributed by atoms with Crippen molar-refractivity contribution in [3.63, 3.8) is 0 Å². The second kappa shape index (κ2) is 6.09. The molecule has 2 rings (SSSR count). The highest BCUT2D eigenvalue weighted by molar-refractivity contribution is 7.94. The van der Waals surface area contributed by atoms with Gasteiger partial charge in [-0.05, 0) is 30.3 Å². The molecule has 0 aliphatic carbocycles. The fraction of sp³-hybridized carbons (Fsp3) is 0.167. The van der Waals surface area contributed by atoms with E-state index in [0.29, 0.717) is 4.34 Å². The minimum Gasteiger partial charge on any atom is -0.394 e. The molecule has 0 spiro atoms. The quantitative estimate of drug-likeness (QED) is 0.914. The number of benzene rings is 1. The maximum absolute atomic E-state index is 13.3. The van der Waals surface area contributed by atoms with Gasteiger partial charge in [0.2, 0.25) is 0 Å². The van der Waals surface area contributed by atoms with E-state index in [0.717, 1.165) is 21.7 Å². The van der Waals surface area contributed by atoms with Crippen LogP contribution in [0.4, 0.5) is 10.1 Å². The van der Waals surface area contributed by atoms with Gasteiger partial charge in [-0.25, -0.2) is 12.8 Å². The number of rotatable bonds is 5. The molecule has 0 atom stereocenters. The van der Waals surface area contributed by atoms with E-state index in [-0.39, 0.29) is 23.0 Å². The van der Waals surface area contributed by atoms with Gasteiger partial charge in [0.05, 0.1) is 23.2 Å². The average Bonchev–Trinajstić information content (AvgIpc) is 2.83. The first-order valence-electron chi connectivity index (χ1n) is 5.59. The standard InChI is InChI=1S/C12H11ClFNO3S2/c13-11-4-5-12(19-11)20(17,18)15(6-7-16)10-3-1-2-9(14)8-10/h1-5,8,16H,6-7H2. The number of sulfonamides is 1. The van der Waals surface area contributed by atoms with E-state index in [9.17, 15) is 12.8 Å². The van der Waals surface area contributed by atoms with Crippen LogP contribution < -0.4 is 4.31 Å². The van der Waals surface area contributed by atoms with Gasteiger partial charge in [-0.1, -0.05) is 17.7 Å². The summed E-state index contributed by atoms with van der Waals surface area (Å²) >= 11 is 6.65. The minimum atomic E-state index is -3.87. The topological polar surface area (TPSA) is 57.6 Å². The van der Waals surface area contributed by atoms with Crippen molar-refractivity contribution in [1.29, 1.82) is 0 Å². The highest BCUT2D eigenvalue weighted by Gasteiger charge is 2.26. The number of hydrogen-bond donors (Lipinski definition) is 1. The van der Waals surface area contributed by atoms with Crippen LogP contribution in [0.25, 0.3) is 0 Å². The lowest BCUT2D eigenvalue weighted by Crippen LogP contribution is -2.33. The van der Waals surface area contributed by atoms with Crippen molar-refractivity contribution in [1.82, 2.24) is 0 Å². The molecule has 4 nitrogen and oxygen atoms in total. The molecule has 1 aromatic heterocycles. The fourth-order valence-corrected chi connectivity index (χ4v) is 4.70. The smallest absolute Gasteiger partial charge is 0.273 e. The zero-order valence-corrected chi connectivity index (χ0v) is 12.6. The van der Waals surface area contributed by atoms with Crippen LogP contribution in [0.15, 0.2) is 40.6 Å². The van der Waals surface area contributed by atoms with Gasteiger partial charge in [0.1, 0.15) is 10.0 Å². The molecule has 0 amide bonds. The Labute approximate surface area is 125 Å². The van der Waals surface area contributed by atoms with E-state index in [1.165, 1.54) is 30.3 Å². The molecule has 0 aliphatic heterocycles. The Kier molecular flexibility index (Phi) is 4.64. The molecule has 0 aliphatic rings. The summed E-state index contributed by atoms with van der Waals surface area (Å²) in [5.74, 6) is -0.551. The second-order valence-electron chi connectivity index (χ2n) is 3.84. The number of nitrogens with zero attached hydrogens (tertiary/aromatic N) is 1. The third-order valence-corrected chi connectivity index (χ3v) is 6.02. The Hall–Kier alpha value is -1.15. The highest BCUT2D eigenvalue weighted by Crippen LogP contribution is 2.30. The minimum absolute atomic E-state index is 0.0419. The van der Waals surface area contributed by atoms with Crippen molar-refractivity contribution in [2.75, 3.05) is 17.5 Å². The van der Waals surface area contributed by atoms with E-state index >= 15 is 0 Å². The second-order valence-corrected chi connectivity index (χ2v) is 7.64. The number of halogens is 2. The maximum atomic E-state index is 13.3. The third-order valence-electron chi connectivity index (χ3n) is 2.49. The van der Waals surface area contributed by atoms with Crippen LogP contribution in [0.1, 0.15) is 0 Å². The highest BCUT2D eigenvalue weighted by atomic mass is 35.5. The van der Waals surface area contributed by atoms with Gasteiger partial charge in [0, 0.05) is 0 Å². The summed E-state index contributed by atoms with van der Waals surface area (Å²) in [6, 6.07) is 8.04. The number of aliphatic hydroxyl groups excluding tert-OH is 1. The van der Waals surface area contributed by atoms with Gasteiger partial charge < -0.3 is 5.11 Å². The zero-order valence-electron chi connectivity index (χ0n) is 10.2. The molecule has 0 unspecified atom stereocenters. The summed E-state index contributed by atoms with van der Waals surface area (Å²) in [5, 5.41) is 9.06. The van der Waals surface area contributed by atoms with E-state index in [1.807, 2.05) is 0 Å². The lowest BCUT2D eigenvalue weighted by Gasteiger charge is -2.22. The van der Waals surface area contributed by atoms with Gasteiger partial charge in [0.25, 0.3) is 10.0 Å². The van der Waals surface area contributed by atoms with E-state index in [4.69, 9.17) is 16.7 Å². The van der Waals surface area contributed by atoms with Crippen molar-refractivity contribution < 1.29 is 17.9 Å². The van der Waals surface area contributed by atoms with Gasteiger partial charge in [0.15, 0.2) is 0 Å². The first-order valence-corrected chi connectivity index (χ1v) is 8.23. The predicted octanol–water partition coefficient (Wildman–Crippen LogP) is 2.73. The van der Waals surface area contributed by atoms with Crippen LogP contribution in [-0.4, -0.2) is 26.7 Å². The fourth-order valence-electron chi connectivity index (χ4n) is 1.66. The van der Waals surface area contributed by atoms with Crippen molar-refractivity contribution in [3.05, 3.63) is 46.6 Å². The molecule has 0 saturated heterocycles. The zero-order chi connectivity index (χ0) is 14.8. The molecule has 1 N–H and O–H groups in total. The Bertz CT molecular complexity index is 702. The molecule has 1 heterocycles. The lowest BCUT2D eigenvalue weighted by atomic mass is 10.3. The molecule has 0 fully saturated rings. The van der Waals surface area contributed by atoms with E-state index in [2.05, 4.69) is 0 Å². The average molecular weight is 336 g/mol. The van der Waals surface area contributed by atoms with Crippen molar-refractivity contribution in [3.8, 4) is 0 Å². The molecule has 8 heteroatoms. The summed E-state index contributed by atoms with van der Waals surface area (Å²) in [6.45, 7) is -0.545. The molecule has 2 aromatic rings. The monoisotopic (exact) mass is 335 g/mol. The van der Waals surface area contributed by atoms with Crippen LogP contribution in [0.5, 0.6) is 0 Å².